The minimum atomic E-state index is -1.05. The van der Waals surface area contributed by atoms with E-state index in [0.717, 1.165) is 5.56 Å². The fourth-order valence-electron chi connectivity index (χ4n) is 2.16. The summed E-state index contributed by atoms with van der Waals surface area (Å²) < 4.78 is 4.96. The predicted octanol–water partition coefficient (Wildman–Crippen LogP) is 1.51. The third-order valence-corrected chi connectivity index (χ3v) is 3.28. The Hall–Kier alpha value is -2.70. The number of aromatic nitrogens is 2. The number of hydrogen-bond donors (Lipinski definition) is 2. The van der Waals surface area contributed by atoms with Crippen LogP contribution in [-0.2, 0) is 22.4 Å². The Labute approximate surface area is 133 Å². The highest BCUT2D eigenvalue weighted by molar-refractivity contribution is 5.83. The number of aliphatic carboxylic acids is 1. The molecule has 0 spiro atoms. The van der Waals surface area contributed by atoms with Crippen LogP contribution in [0.4, 0.5) is 0 Å². The molecule has 2 rings (SSSR count). The van der Waals surface area contributed by atoms with Gasteiger partial charge in [0.25, 0.3) is 0 Å². The van der Waals surface area contributed by atoms with Crippen LogP contribution in [0.25, 0.3) is 0 Å². The molecule has 1 aromatic heterocycles. The second-order valence-electron chi connectivity index (χ2n) is 5.24. The Bertz CT molecular complexity index is 654. The van der Waals surface area contributed by atoms with E-state index in [4.69, 9.17) is 4.52 Å². The molecule has 1 heterocycles. The van der Waals surface area contributed by atoms with Crippen molar-refractivity contribution in [1.82, 2.24) is 15.5 Å². The molecule has 2 aromatic rings. The van der Waals surface area contributed by atoms with Gasteiger partial charge in [0.1, 0.15) is 6.04 Å². The maximum Gasteiger partial charge on any atom is 0.326 e. The molecule has 23 heavy (non-hydrogen) atoms. The van der Waals surface area contributed by atoms with Gasteiger partial charge in [-0.25, -0.2) is 4.79 Å². The number of hydrogen-bond acceptors (Lipinski definition) is 5. The summed E-state index contributed by atoms with van der Waals surface area (Å²) in [6.45, 7) is 1.72. The summed E-state index contributed by atoms with van der Waals surface area (Å²) in [4.78, 5) is 27.2. The lowest BCUT2D eigenvalue weighted by Gasteiger charge is -2.14. The van der Waals surface area contributed by atoms with Gasteiger partial charge in [0.2, 0.25) is 11.8 Å². The minimum absolute atomic E-state index is 0.208. The van der Waals surface area contributed by atoms with Gasteiger partial charge in [0.15, 0.2) is 5.82 Å². The molecule has 7 heteroatoms. The van der Waals surface area contributed by atoms with E-state index in [1.807, 2.05) is 30.3 Å². The number of nitrogens with one attached hydrogen (secondary N) is 1. The van der Waals surface area contributed by atoms with Crippen molar-refractivity contribution in [2.24, 2.45) is 0 Å². The van der Waals surface area contributed by atoms with Gasteiger partial charge in [0.05, 0.1) is 0 Å². The van der Waals surface area contributed by atoms with Crippen LogP contribution in [0, 0.1) is 6.92 Å². The van der Waals surface area contributed by atoms with E-state index in [0.29, 0.717) is 24.6 Å². The van der Waals surface area contributed by atoms with Crippen LogP contribution in [0.3, 0.4) is 0 Å². The Morgan fingerprint density at radius 1 is 1.30 bits per heavy atom. The van der Waals surface area contributed by atoms with Crippen molar-refractivity contribution >= 4 is 11.9 Å². The summed E-state index contributed by atoms with van der Waals surface area (Å²) in [6.07, 6.45) is 1.47. The molecule has 2 N–H and O–H groups in total. The summed E-state index contributed by atoms with van der Waals surface area (Å²) in [5.74, 6) is -0.313. The van der Waals surface area contributed by atoms with Crippen molar-refractivity contribution < 1.29 is 19.2 Å². The number of benzene rings is 1. The zero-order chi connectivity index (χ0) is 16.7. The van der Waals surface area contributed by atoms with Crippen molar-refractivity contribution in [3.63, 3.8) is 0 Å². The summed E-state index contributed by atoms with van der Waals surface area (Å²) in [5, 5.41) is 15.5. The second kappa shape index (κ2) is 8.07. The molecule has 0 aliphatic rings. The standard InChI is InChI=1S/C16H19N3O4/c1-11-17-15(23-19-11)9-5-8-14(20)18-13(16(21)22)10-12-6-3-2-4-7-12/h2-4,6-7,13H,5,8-10H2,1H3,(H,18,20)(H,21,22)/t13-/m1/s1. The number of amides is 1. The molecule has 1 amide bonds. The van der Waals surface area contributed by atoms with E-state index in [1.54, 1.807) is 6.92 Å². The first kappa shape index (κ1) is 16.7. The van der Waals surface area contributed by atoms with Crippen molar-refractivity contribution in [3.05, 3.63) is 47.6 Å². The zero-order valence-electron chi connectivity index (χ0n) is 12.9. The molecule has 0 aliphatic heterocycles. The fraction of sp³-hybridized carbons (Fsp3) is 0.375. The normalized spacial score (nSPS) is 11.9. The van der Waals surface area contributed by atoms with Crippen molar-refractivity contribution in [1.29, 1.82) is 0 Å². The SMILES string of the molecule is Cc1noc(CCCC(=O)N[C@H](Cc2ccccc2)C(=O)O)n1. The number of nitrogens with zero attached hydrogens (tertiary/aromatic N) is 2. The Morgan fingerprint density at radius 2 is 2.04 bits per heavy atom. The number of carbonyl (C=O) groups is 2. The molecule has 122 valence electrons. The summed E-state index contributed by atoms with van der Waals surface area (Å²) in [7, 11) is 0. The van der Waals surface area contributed by atoms with Crippen molar-refractivity contribution in [2.75, 3.05) is 0 Å². The highest BCUT2D eigenvalue weighted by Gasteiger charge is 2.20. The molecule has 0 radical (unpaired) electrons. The van der Waals surface area contributed by atoms with Gasteiger partial charge < -0.3 is 14.9 Å². The first-order valence-corrected chi connectivity index (χ1v) is 7.40. The minimum Gasteiger partial charge on any atom is -0.480 e. The molecule has 7 nitrogen and oxygen atoms in total. The Kier molecular flexibility index (Phi) is 5.85. The topological polar surface area (TPSA) is 105 Å². The van der Waals surface area contributed by atoms with Gasteiger partial charge in [-0.1, -0.05) is 35.5 Å². The lowest BCUT2D eigenvalue weighted by molar-refractivity contribution is -0.141. The zero-order valence-corrected chi connectivity index (χ0v) is 12.9. The smallest absolute Gasteiger partial charge is 0.326 e. The number of aryl methyl sites for hydroxylation is 2. The first-order chi connectivity index (χ1) is 11.0. The predicted molar refractivity (Wildman–Crippen MR) is 81.7 cm³/mol. The monoisotopic (exact) mass is 317 g/mol. The molecular formula is C16H19N3O4. The van der Waals surface area contributed by atoms with Crippen LogP contribution in [0.1, 0.15) is 30.1 Å². The van der Waals surface area contributed by atoms with E-state index in [2.05, 4.69) is 15.5 Å². The molecule has 0 aliphatic carbocycles. The van der Waals surface area contributed by atoms with E-state index in [1.165, 1.54) is 0 Å². The van der Waals surface area contributed by atoms with Crippen molar-refractivity contribution in [3.8, 4) is 0 Å². The highest BCUT2D eigenvalue weighted by atomic mass is 16.5. The quantitative estimate of drug-likeness (QED) is 0.764. The maximum absolute atomic E-state index is 11.9. The lowest BCUT2D eigenvalue weighted by Crippen LogP contribution is -2.42. The lowest BCUT2D eigenvalue weighted by atomic mass is 10.1. The first-order valence-electron chi connectivity index (χ1n) is 7.40. The molecule has 0 bridgehead atoms. The Morgan fingerprint density at radius 3 is 2.65 bits per heavy atom. The molecular weight excluding hydrogens is 298 g/mol. The summed E-state index contributed by atoms with van der Waals surface area (Å²) in [6, 6.07) is 8.26. The van der Waals surface area contributed by atoms with Crippen LogP contribution in [0.2, 0.25) is 0 Å². The Balaban J connectivity index is 1.79. The fourth-order valence-corrected chi connectivity index (χ4v) is 2.16. The third kappa shape index (κ3) is 5.54. The summed E-state index contributed by atoms with van der Waals surface area (Å²) >= 11 is 0. The van der Waals surface area contributed by atoms with Crippen LogP contribution < -0.4 is 5.32 Å². The highest BCUT2D eigenvalue weighted by Crippen LogP contribution is 2.06. The number of carboxylic acid groups (broad SMARTS) is 1. The van der Waals surface area contributed by atoms with Gasteiger partial charge in [-0.2, -0.15) is 4.98 Å². The van der Waals surface area contributed by atoms with Gasteiger partial charge in [-0.05, 0) is 18.9 Å². The molecule has 1 aromatic carbocycles. The van der Waals surface area contributed by atoms with Gasteiger partial charge in [0, 0.05) is 19.3 Å². The number of rotatable bonds is 8. The van der Waals surface area contributed by atoms with Crippen LogP contribution >= 0.6 is 0 Å². The van der Waals surface area contributed by atoms with E-state index in [-0.39, 0.29) is 18.7 Å². The van der Waals surface area contributed by atoms with Gasteiger partial charge >= 0.3 is 5.97 Å². The van der Waals surface area contributed by atoms with Gasteiger partial charge in [-0.15, -0.1) is 0 Å². The molecule has 0 fully saturated rings. The van der Waals surface area contributed by atoms with Gasteiger partial charge in [-0.3, -0.25) is 4.79 Å². The molecule has 1 atom stereocenters. The van der Waals surface area contributed by atoms with E-state index < -0.39 is 12.0 Å². The average molecular weight is 317 g/mol. The van der Waals surface area contributed by atoms with Crippen LogP contribution in [0.5, 0.6) is 0 Å². The number of carboxylic acids is 1. The number of carbonyl (C=O) groups excluding carboxylic acids is 1. The molecule has 0 saturated heterocycles. The van der Waals surface area contributed by atoms with Crippen LogP contribution in [0.15, 0.2) is 34.9 Å². The second-order valence-corrected chi connectivity index (χ2v) is 5.24. The summed E-state index contributed by atoms with van der Waals surface area (Å²) in [5.41, 5.74) is 0.863. The van der Waals surface area contributed by atoms with Crippen molar-refractivity contribution in [2.45, 2.75) is 38.6 Å². The molecule has 0 saturated carbocycles. The largest absolute Gasteiger partial charge is 0.480 e. The van der Waals surface area contributed by atoms with E-state index in [9.17, 15) is 14.7 Å². The average Bonchev–Trinajstić information content (AvgIpc) is 2.93. The molecule has 0 unspecified atom stereocenters. The van der Waals surface area contributed by atoms with Crippen LogP contribution in [-0.4, -0.2) is 33.2 Å². The maximum atomic E-state index is 11.9. The third-order valence-electron chi connectivity index (χ3n) is 3.28. The van der Waals surface area contributed by atoms with E-state index >= 15 is 0 Å².